The molecule has 22 heavy (non-hydrogen) atoms. The summed E-state index contributed by atoms with van der Waals surface area (Å²) in [5, 5.41) is 3.60. The van der Waals surface area contributed by atoms with Crippen LogP contribution in [0.2, 0.25) is 5.02 Å². The average molecular weight is 322 g/mol. The van der Waals surface area contributed by atoms with Crippen molar-refractivity contribution in [1.82, 2.24) is 9.78 Å². The van der Waals surface area contributed by atoms with Gasteiger partial charge in [-0.2, -0.15) is 0 Å². The highest BCUT2D eigenvalue weighted by atomic mass is 35.5. The van der Waals surface area contributed by atoms with Crippen molar-refractivity contribution in [2.75, 3.05) is 0 Å². The summed E-state index contributed by atoms with van der Waals surface area (Å²) < 4.78 is 1.44. The van der Waals surface area contributed by atoms with E-state index in [1.54, 1.807) is 18.2 Å². The topological polar surface area (TPSA) is 127 Å². The van der Waals surface area contributed by atoms with E-state index in [1.165, 1.54) is 4.68 Å². The van der Waals surface area contributed by atoms with E-state index >= 15 is 0 Å². The first-order valence-corrected chi connectivity index (χ1v) is 6.52. The Morgan fingerprint density at radius 2 is 1.68 bits per heavy atom. The monoisotopic (exact) mass is 321 g/mol. The van der Waals surface area contributed by atoms with Gasteiger partial charge in [-0.05, 0) is 36.4 Å². The summed E-state index contributed by atoms with van der Waals surface area (Å²) in [4.78, 5) is 12.1. The van der Waals surface area contributed by atoms with Gasteiger partial charge in [0.05, 0.1) is 16.4 Å². The van der Waals surface area contributed by atoms with Crippen LogP contribution in [0.1, 0.15) is 0 Å². The van der Waals surface area contributed by atoms with Gasteiger partial charge in [0.15, 0.2) is 0 Å². The first-order valence-electron chi connectivity index (χ1n) is 6.14. The third kappa shape index (κ3) is 3.26. The van der Waals surface area contributed by atoms with E-state index in [4.69, 9.17) is 11.6 Å². The molecule has 3 rings (SSSR count). The largest absolute Gasteiger partial charge is 0.870 e. The summed E-state index contributed by atoms with van der Waals surface area (Å²) >= 11 is 6.12. The molecule has 0 amide bonds. The maximum Gasteiger partial charge on any atom is 0.271 e. The molecule has 0 bridgehead atoms. The zero-order valence-electron chi connectivity index (χ0n) is 11.6. The van der Waals surface area contributed by atoms with Gasteiger partial charge < -0.3 is 16.7 Å². The van der Waals surface area contributed by atoms with Crippen molar-refractivity contribution in [3.8, 4) is 16.9 Å². The number of rotatable bonds is 2. The molecule has 6 nitrogen and oxygen atoms in total. The summed E-state index contributed by atoms with van der Waals surface area (Å²) in [5.74, 6) is 0. The van der Waals surface area contributed by atoms with Gasteiger partial charge in [0.25, 0.3) is 5.56 Å². The number of hydrogen-bond acceptors (Lipinski definition) is 2. The number of benzene rings is 2. The van der Waals surface area contributed by atoms with Gasteiger partial charge in [-0.25, -0.2) is 4.68 Å². The number of nitrogens with zero attached hydrogens (tertiary/aromatic N) is 1. The Kier molecular flexibility index (Phi) is 5.67. The minimum absolute atomic E-state index is 0. The Hall–Kier alpha value is -2.38. The fourth-order valence-corrected chi connectivity index (χ4v) is 2.26. The van der Waals surface area contributed by atoms with E-state index in [9.17, 15) is 4.79 Å². The third-order valence-electron chi connectivity index (χ3n) is 3.08. The van der Waals surface area contributed by atoms with Gasteiger partial charge in [0.1, 0.15) is 5.69 Å². The lowest BCUT2D eigenvalue weighted by molar-refractivity contribution is -0.254. The maximum atomic E-state index is 12.1. The van der Waals surface area contributed by atoms with Crippen molar-refractivity contribution in [2.24, 2.45) is 0 Å². The number of halogens is 1. The van der Waals surface area contributed by atoms with Gasteiger partial charge >= 0.3 is 0 Å². The van der Waals surface area contributed by atoms with Gasteiger partial charge in [0, 0.05) is 11.6 Å². The van der Waals surface area contributed by atoms with Crippen LogP contribution in [0.3, 0.4) is 0 Å². The summed E-state index contributed by atoms with van der Waals surface area (Å²) in [6.07, 6.45) is 0. The summed E-state index contributed by atoms with van der Waals surface area (Å²) in [6.45, 7) is 0. The maximum absolute atomic E-state index is 12.1. The van der Waals surface area contributed by atoms with Crippen LogP contribution < -0.4 is 11.3 Å². The standard InChI is InChI=1S/C15H12ClN3O.2H2O/c16-12-3-1-2-4-14(12)19-15(20)9-13(18-19)10-5-7-11(17)8-6-10;;/h1-9,18H,17H2;2*1H2. The van der Waals surface area contributed by atoms with E-state index in [2.05, 4.69) is 10.8 Å². The number of aromatic nitrogens is 2. The van der Waals surface area contributed by atoms with E-state index in [-0.39, 0.29) is 16.5 Å². The molecule has 0 unspecified atom stereocenters. The number of H-pyrrole nitrogens is 1. The molecular weight excluding hydrogens is 306 g/mol. The first-order chi connectivity index (χ1) is 9.65. The molecule has 1 aromatic heterocycles. The molecule has 2 aromatic carbocycles. The highest BCUT2D eigenvalue weighted by molar-refractivity contribution is 6.32. The normalized spacial score (nSPS) is 9.73. The van der Waals surface area contributed by atoms with Gasteiger partial charge in [-0.3, -0.25) is 9.89 Å². The van der Waals surface area contributed by atoms with Crippen LogP contribution >= 0.6 is 11.6 Å². The third-order valence-corrected chi connectivity index (χ3v) is 3.40. The van der Waals surface area contributed by atoms with Crippen molar-refractivity contribution < 1.29 is 16.7 Å². The fourth-order valence-electron chi connectivity index (χ4n) is 2.04. The molecule has 3 aromatic rings. The molecule has 7 heteroatoms. The van der Waals surface area contributed by atoms with Crippen LogP contribution in [0.4, 0.5) is 5.69 Å². The molecule has 0 spiro atoms. The SMILES string of the molecule is O.[NH3+]c1ccc(-c2cc(=O)n(-c3ccccc3Cl)[nH]2)cc1.[OH-]. The van der Waals surface area contributed by atoms with Gasteiger partial charge in [-0.15, -0.1) is 0 Å². The van der Waals surface area contributed by atoms with E-state index in [0.29, 0.717) is 10.7 Å². The molecule has 7 N–H and O–H groups in total. The predicted molar refractivity (Wildman–Crippen MR) is 84.9 cm³/mol. The van der Waals surface area contributed by atoms with Gasteiger partial charge in [-0.1, -0.05) is 23.7 Å². The minimum Gasteiger partial charge on any atom is -0.870 e. The van der Waals surface area contributed by atoms with E-state index in [0.717, 1.165) is 16.9 Å². The lowest BCUT2D eigenvalue weighted by atomic mass is 10.1. The number of hydrogen-bond donors (Lipinski definition) is 2. The molecule has 0 saturated carbocycles. The van der Waals surface area contributed by atoms with Crippen molar-refractivity contribution in [3.63, 3.8) is 0 Å². The number of aromatic amines is 1. The Morgan fingerprint density at radius 3 is 2.32 bits per heavy atom. The highest BCUT2D eigenvalue weighted by Crippen LogP contribution is 2.21. The molecule has 0 saturated heterocycles. The first kappa shape index (κ1) is 17.7. The molecule has 0 fully saturated rings. The second kappa shape index (κ2) is 7.06. The lowest BCUT2D eigenvalue weighted by Crippen LogP contribution is -2.39. The Bertz CT molecular complexity index is 809. The fraction of sp³-hybridized carbons (Fsp3) is 0. The zero-order chi connectivity index (χ0) is 14.1. The Morgan fingerprint density at radius 1 is 1.05 bits per heavy atom. The average Bonchev–Trinajstić information content (AvgIpc) is 2.82. The molecule has 0 aliphatic heterocycles. The van der Waals surface area contributed by atoms with Crippen LogP contribution in [-0.2, 0) is 0 Å². The molecule has 0 aliphatic rings. The molecule has 0 aliphatic carbocycles. The summed E-state index contributed by atoms with van der Waals surface area (Å²) in [7, 11) is 0. The van der Waals surface area contributed by atoms with E-state index < -0.39 is 0 Å². The number of nitrogens with one attached hydrogen (secondary N) is 1. The summed E-state index contributed by atoms with van der Waals surface area (Å²) in [5.41, 5.74) is 6.94. The summed E-state index contributed by atoms with van der Waals surface area (Å²) in [6, 6.07) is 16.4. The van der Waals surface area contributed by atoms with E-state index in [1.807, 2.05) is 36.4 Å². The second-order valence-corrected chi connectivity index (χ2v) is 4.90. The van der Waals surface area contributed by atoms with Crippen LogP contribution in [0, 0.1) is 0 Å². The van der Waals surface area contributed by atoms with Crippen molar-refractivity contribution in [1.29, 1.82) is 0 Å². The van der Waals surface area contributed by atoms with Gasteiger partial charge in [0.2, 0.25) is 0 Å². The number of quaternary nitrogens is 1. The van der Waals surface area contributed by atoms with Crippen LogP contribution in [0.25, 0.3) is 16.9 Å². The smallest absolute Gasteiger partial charge is 0.271 e. The minimum atomic E-state index is -0.146. The Balaban J connectivity index is 0.00000121. The van der Waals surface area contributed by atoms with Crippen molar-refractivity contribution in [2.45, 2.75) is 0 Å². The Labute approximate surface area is 131 Å². The molecule has 0 atom stereocenters. The lowest BCUT2D eigenvalue weighted by Gasteiger charge is -2.04. The van der Waals surface area contributed by atoms with Crippen LogP contribution in [0.5, 0.6) is 0 Å². The quantitative estimate of drug-likeness (QED) is 0.739. The van der Waals surface area contributed by atoms with Crippen molar-refractivity contribution in [3.05, 3.63) is 70.0 Å². The molecular formula is C15H16ClN3O3. The van der Waals surface area contributed by atoms with Crippen molar-refractivity contribution >= 4 is 17.3 Å². The molecule has 1 heterocycles. The molecule has 116 valence electrons. The van der Waals surface area contributed by atoms with Crippen LogP contribution in [-0.4, -0.2) is 20.7 Å². The van der Waals surface area contributed by atoms with Crippen LogP contribution in [0.15, 0.2) is 59.4 Å². The second-order valence-electron chi connectivity index (χ2n) is 4.49. The number of para-hydroxylation sites is 1. The predicted octanol–water partition coefficient (Wildman–Crippen LogP) is 1.36. The highest BCUT2D eigenvalue weighted by Gasteiger charge is 2.09. The zero-order valence-corrected chi connectivity index (χ0v) is 12.3. The molecule has 0 radical (unpaired) electrons.